The van der Waals surface area contributed by atoms with Crippen molar-refractivity contribution >= 4 is 33.4 Å². The predicted octanol–water partition coefficient (Wildman–Crippen LogP) is 3.68. The highest BCUT2D eigenvalue weighted by Crippen LogP contribution is 2.34. The lowest BCUT2D eigenvalue weighted by Crippen LogP contribution is -2.49. The summed E-state index contributed by atoms with van der Waals surface area (Å²) in [4.78, 5) is 25.4. The minimum Gasteiger partial charge on any atom is -0.355 e. The smallest absolute Gasteiger partial charge is 0.251 e. The molecule has 2 aromatic rings. The van der Waals surface area contributed by atoms with Crippen LogP contribution in [0.25, 0.3) is 0 Å². The number of sulfonamides is 1. The first kappa shape index (κ1) is 25.6. The summed E-state index contributed by atoms with van der Waals surface area (Å²) in [6.07, 6.45) is 0.410. The van der Waals surface area contributed by atoms with Gasteiger partial charge in [0.25, 0.3) is 5.91 Å². The van der Waals surface area contributed by atoms with Crippen molar-refractivity contribution in [2.45, 2.75) is 62.8 Å². The van der Waals surface area contributed by atoms with Crippen LogP contribution in [0.15, 0.2) is 53.4 Å². The van der Waals surface area contributed by atoms with Gasteiger partial charge in [-0.1, -0.05) is 37.6 Å². The molecule has 188 valence electrons. The van der Waals surface area contributed by atoms with Crippen molar-refractivity contribution in [3.8, 4) is 0 Å². The first-order valence-electron chi connectivity index (χ1n) is 11.6. The lowest BCUT2D eigenvalue weighted by molar-refractivity contribution is -0.125. The molecule has 0 radical (unpaired) electrons. The quantitative estimate of drug-likeness (QED) is 0.581. The SMILES string of the molecule is CC1(C)CCNC(=O)C(N(Cc2ccc(C(=O)N[C@@H]3C[C@@H]3F)cc2)S(=O)(=O)c2ccc(Cl)cc2)C1. The molecule has 1 aliphatic heterocycles. The Kier molecular flexibility index (Phi) is 7.22. The van der Waals surface area contributed by atoms with Gasteiger partial charge in [-0.15, -0.1) is 0 Å². The number of nitrogens with zero attached hydrogens (tertiary/aromatic N) is 1. The van der Waals surface area contributed by atoms with Gasteiger partial charge in [0.2, 0.25) is 15.9 Å². The second kappa shape index (κ2) is 9.87. The molecule has 1 aliphatic carbocycles. The van der Waals surface area contributed by atoms with E-state index in [1.54, 1.807) is 24.3 Å². The molecule has 0 aromatic heterocycles. The number of carbonyl (C=O) groups excluding carboxylic acids is 2. The van der Waals surface area contributed by atoms with Crippen LogP contribution in [0.5, 0.6) is 0 Å². The van der Waals surface area contributed by atoms with Gasteiger partial charge in [-0.2, -0.15) is 4.31 Å². The summed E-state index contributed by atoms with van der Waals surface area (Å²) >= 11 is 5.96. The number of alkyl halides is 1. The number of carbonyl (C=O) groups is 2. The Hall–Kier alpha value is -2.49. The number of hydrogen-bond acceptors (Lipinski definition) is 4. The Labute approximate surface area is 210 Å². The molecular weight excluding hydrogens is 493 g/mol. The van der Waals surface area contributed by atoms with Gasteiger partial charge in [0.1, 0.15) is 12.2 Å². The minimum atomic E-state index is -4.06. The Balaban J connectivity index is 1.64. The third-order valence-electron chi connectivity index (χ3n) is 6.50. The molecule has 1 saturated heterocycles. The molecule has 4 rings (SSSR count). The predicted molar refractivity (Wildman–Crippen MR) is 131 cm³/mol. The van der Waals surface area contributed by atoms with E-state index >= 15 is 0 Å². The third kappa shape index (κ3) is 6.02. The van der Waals surface area contributed by atoms with Gasteiger partial charge >= 0.3 is 0 Å². The highest BCUT2D eigenvalue weighted by Gasteiger charge is 2.41. The van der Waals surface area contributed by atoms with Crippen LogP contribution in [0.3, 0.4) is 0 Å². The number of rotatable bonds is 7. The fourth-order valence-corrected chi connectivity index (χ4v) is 5.91. The number of halogens is 2. The minimum absolute atomic E-state index is 0.0398. The van der Waals surface area contributed by atoms with E-state index in [0.29, 0.717) is 35.5 Å². The lowest BCUT2D eigenvalue weighted by atomic mass is 9.83. The first-order valence-corrected chi connectivity index (χ1v) is 13.4. The zero-order valence-corrected chi connectivity index (χ0v) is 21.2. The maximum Gasteiger partial charge on any atom is 0.251 e. The standard InChI is InChI=1S/C25H29ClFN3O4S/c1-25(2)11-12-28-24(32)22(14-25)30(35(33,34)19-9-7-18(26)8-10-19)15-16-3-5-17(6-4-16)23(31)29-21-13-20(21)27/h3-10,20-22H,11-15H2,1-2H3,(H,28,32)(H,29,31)/t20-,21+,22?/m0/s1. The number of hydrogen-bond donors (Lipinski definition) is 2. The fraction of sp³-hybridized carbons (Fsp3) is 0.440. The van der Waals surface area contributed by atoms with E-state index < -0.39 is 28.3 Å². The van der Waals surface area contributed by atoms with Crippen LogP contribution in [0.1, 0.15) is 49.0 Å². The van der Waals surface area contributed by atoms with Crippen LogP contribution in [-0.2, 0) is 21.4 Å². The molecular formula is C25H29ClFN3O4S. The average molecular weight is 522 g/mol. The molecule has 2 fully saturated rings. The fourth-order valence-electron chi connectivity index (χ4n) is 4.20. The zero-order chi connectivity index (χ0) is 25.4. The zero-order valence-electron chi connectivity index (χ0n) is 19.6. The van der Waals surface area contributed by atoms with E-state index in [1.807, 2.05) is 13.8 Å². The summed E-state index contributed by atoms with van der Waals surface area (Å²) in [7, 11) is -4.06. The van der Waals surface area contributed by atoms with Crippen molar-refractivity contribution in [1.29, 1.82) is 0 Å². The number of benzene rings is 2. The molecule has 0 spiro atoms. The average Bonchev–Trinajstić information content (AvgIpc) is 3.52. The van der Waals surface area contributed by atoms with Gasteiger partial charge in [-0.3, -0.25) is 9.59 Å². The van der Waals surface area contributed by atoms with Crippen LogP contribution in [0.2, 0.25) is 5.02 Å². The van der Waals surface area contributed by atoms with Crippen molar-refractivity contribution in [3.05, 3.63) is 64.7 Å². The van der Waals surface area contributed by atoms with Crippen LogP contribution < -0.4 is 10.6 Å². The van der Waals surface area contributed by atoms with Crippen molar-refractivity contribution < 1.29 is 22.4 Å². The van der Waals surface area contributed by atoms with Crippen LogP contribution in [-0.4, -0.2) is 49.3 Å². The molecule has 35 heavy (non-hydrogen) atoms. The molecule has 2 aliphatic rings. The van der Waals surface area contributed by atoms with Gasteiger partial charge in [0.15, 0.2) is 0 Å². The van der Waals surface area contributed by atoms with Crippen LogP contribution >= 0.6 is 11.6 Å². The summed E-state index contributed by atoms with van der Waals surface area (Å²) < 4.78 is 41.8. The molecule has 2 aromatic carbocycles. The number of amides is 2. The Morgan fingerprint density at radius 3 is 2.40 bits per heavy atom. The number of nitrogens with one attached hydrogen (secondary N) is 2. The maximum atomic E-state index is 13.8. The van der Waals surface area contributed by atoms with Gasteiger partial charge in [0, 0.05) is 30.1 Å². The topological polar surface area (TPSA) is 95.6 Å². The van der Waals surface area contributed by atoms with Crippen molar-refractivity contribution in [2.75, 3.05) is 6.54 Å². The summed E-state index contributed by atoms with van der Waals surface area (Å²) in [6.45, 7) is 4.45. The molecule has 1 unspecified atom stereocenters. The van der Waals surface area contributed by atoms with Gasteiger partial charge in [-0.25, -0.2) is 12.8 Å². The van der Waals surface area contributed by atoms with Gasteiger partial charge in [0.05, 0.1) is 10.9 Å². The lowest BCUT2D eigenvalue weighted by Gasteiger charge is -2.33. The molecule has 10 heteroatoms. The van der Waals surface area contributed by atoms with Gasteiger partial charge in [-0.05, 0) is 60.2 Å². The normalized spacial score (nSPS) is 23.9. The molecule has 3 atom stereocenters. The van der Waals surface area contributed by atoms with E-state index in [2.05, 4.69) is 10.6 Å². The highest BCUT2D eigenvalue weighted by molar-refractivity contribution is 7.89. The molecule has 2 N–H and O–H groups in total. The van der Waals surface area contributed by atoms with E-state index in [4.69, 9.17) is 11.6 Å². The first-order chi connectivity index (χ1) is 16.5. The summed E-state index contributed by atoms with van der Waals surface area (Å²) in [5, 5.41) is 5.88. The Bertz CT molecular complexity index is 1200. The molecule has 7 nitrogen and oxygen atoms in total. The van der Waals surface area contributed by atoms with Crippen LogP contribution in [0, 0.1) is 5.41 Å². The van der Waals surface area contributed by atoms with E-state index in [-0.39, 0.29) is 28.7 Å². The largest absolute Gasteiger partial charge is 0.355 e. The summed E-state index contributed by atoms with van der Waals surface area (Å²) in [5.74, 6) is -0.716. The highest BCUT2D eigenvalue weighted by atomic mass is 35.5. The van der Waals surface area contributed by atoms with E-state index in [0.717, 1.165) is 6.42 Å². The monoisotopic (exact) mass is 521 g/mol. The van der Waals surface area contributed by atoms with Crippen molar-refractivity contribution in [1.82, 2.24) is 14.9 Å². The van der Waals surface area contributed by atoms with E-state index in [9.17, 15) is 22.4 Å². The van der Waals surface area contributed by atoms with Crippen LogP contribution in [0.4, 0.5) is 4.39 Å². The van der Waals surface area contributed by atoms with Crippen molar-refractivity contribution in [2.24, 2.45) is 5.41 Å². The summed E-state index contributed by atoms with van der Waals surface area (Å²) in [5.41, 5.74) is 0.716. The molecule has 1 heterocycles. The maximum absolute atomic E-state index is 13.8. The van der Waals surface area contributed by atoms with Crippen molar-refractivity contribution in [3.63, 3.8) is 0 Å². The molecule has 2 amide bonds. The Morgan fingerprint density at radius 2 is 1.80 bits per heavy atom. The summed E-state index contributed by atoms with van der Waals surface area (Å²) in [6, 6.07) is 10.9. The molecule has 0 bridgehead atoms. The Morgan fingerprint density at radius 1 is 1.17 bits per heavy atom. The second-order valence-corrected chi connectivity index (χ2v) is 12.3. The third-order valence-corrected chi connectivity index (χ3v) is 8.62. The van der Waals surface area contributed by atoms with E-state index in [1.165, 1.54) is 28.6 Å². The van der Waals surface area contributed by atoms with Gasteiger partial charge < -0.3 is 10.6 Å². The second-order valence-electron chi connectivity index (χ2n) is 9.96. The molecule has 1 saturated carbocycles.